The summed E-state index contributed by atoms with van der Waals surface area (Å²) in [6.45, 7) is -0.518. The lowest BCUT2D eigenvalue weighted by atomic mass is 9.81. The topological polar surface area (TPSA) is 106 Å². The van der Waals surface area contributed by atoms with Crippen LogP contribution in [0, 0.1) is 11.8 Å². The third-order valence-electron chi connectivity index (χ3n) is 5.84. The van der Waals surface area contributed by atoms with Gasteiger partial charge in [0, 0.05) is 7.05 Å². The summed E-state index contributed by atoms with van der Waals surface area (Å²) in [5.74, 6) is -2.10. The monoisotopic (exact) mass is 439 g/mol. The molecule has 1 saturated heterocycles. The summed E-state index contributed by atoms with van der Waals surface area (Å²) in [5, 5.41) is 5.12. The lowest BCUT2D eigenvalue weighted by Gasteiger charge is -2.39. The number of hydrogen-bond acceptors (Lipinski definition) is 7. The highest BCUT2D eigenvalue weighted by Crippen LogP contribution is 2.37. The summed E-state index contributed by atoms with van der Waals surface area (Å²) in [7, 11) is 1.51. The summed E-state index contributed by atoms with van der Waals surface area (Å²) >= 11 is 0. The molecule has 1 aliphatic heterocycles. The molecule has 3 aliphatic rings. The molecule has 0 radical (unpaired) electrons. The van der Waals surface area contributed by atoms with E-state index in [4.69, 9.17) is 9.47 Å². The van der Waals surface area contributed by atoms with Crippen LogP contribution in [0.1, 0.15) is 38.5 Å². The number of carbonyl (C=O) groups excluding carboxylic acids is 2. The average Bonchev–Trinajstić information content (AvgIpc) is 3.50. The van der Waals surface area contributed by atoms with Crippen molar-refractivity contribution in [3.05, 3.63) is 6.20 Å². The minimum absolute atomic E-state index is 0.0602. The van der Waals surface area contributed by atoms with Gasteiger partial charge in [0.25, 0.3) is 11.8 Å². The molecule has 1 unspecified atom stereocenters. The molecule has 0 bridgehead atoms. The van der Waals surface area contributed by atoms with Gasteiger partial charge in [-0.15, -0.1) is 0 Å². The van der Waals surface area contributed by atoms with E-state index in [9.17, 15) is 18.4 Å². The van der Waals surface area contributed by atoms with E-state index in [0.717, 1.165) is 32.1 Å². The van der Waals surface area contributed by atoms with Crippen LogP contribution < -0.4 is 25.0 Å². The van der Waals surface area contributed by atoms with Gasteiger partial charge in [-0.3, -0.25) is 4.79 Å². The smallest absolute Gasteiger partial charge is 0.414 e. The maximum atomic E-state index is 13.3. The molecule has 2 saturated carbocycles. The fourth-order valence-electron chi connectivity index (χ4n) is 3.59. The second kappa shape index (κ2) is 8.80. The van der Waals surface area contributed by atoms with Crippen molar-refractivity contribution in [3.63, 3.8) is 0 Å². The van der Waals surface area contributed by atoms with Gasteiger partial charge in [-0.25, -0.2) is 18.6 Å². The quantitative estimate of drug-likeness (QED) is 0.607. The number of rotatable bonds is 9. The Morgan fingerprint density at radius 3 is 2.58 bits per heavy atom. The van der Waals surface area contributed by atoms with Gasteiger partial charge in [-0.2, -0.15) is 4.98 Å². The Hall–Kier alpha value is -2.72. The molecule has 1 aromatic heterocycles. The first kappa shape index (κ1) is 21.5. The first-order valence-corrected chi connectivity index (χ1v) is 10.7. The van der Waals surface area contributed by atoms with Crippen LogP contribution in [-0.4, -0.2) is 60.7 Å². The van der Waals surface area contributed by atoms with Crippen LogP contribution in [0.2, 0.25) is 0 Å². The Labute approximate surface area is 178 Å². The molecule has 4 rings (SSSR count). The summed E-state index contributed by atoms with van der Waals surface area (Å²) < 4.78 is 37.4. The highest BCUT2D eigenvalue weighted by molar-refractivity contribution is 5.85. The zero-order valence-electron chi connectivity index (χ0n) is 17.4. The second-order valence-corrected chi connectivity index (χ2v) is 8.54. The van der Waals surface area contributed by atoms with E-state index in [-0.39, 0.29) is 23.5 Å². The number of aromatic nitrogens is 2. The van der Waals surface area contributed by atoms with Crippen molar-refractivity contribution in [2.24, 2.45) is 11.8 Å². The van der Waals surface area contributed by atoms with Crippen LogP contribution in [-0.2, 0) is 4.79 Å². The summed E-state index contributed by atoms with van der Waals surface area (Å²) in [4.78, 5) is 34.1. The highest BCUT2D eigenvalue weighted by atomic mass is 19.3. The number of carbonyl (C=O) groups is 2. The average molecular weight is 439 g/mol. The van der Waals surface area contributed by atoms with Crippen LogP contribution in [0.4, 0.5) is 19.4 Å². The molecule has 2 N–H and O–H groups in total. The lowest BCUT2D eigenvalue weighted by molar-refractivity contribution is -0.123. The van der Waals surface area contributed by atoms with Crippen molar-refractivity contribution in [3.8, 4) is 11.8 Å². The number of anilines is 1. The van der Waals surface area contributed by atoms with E-state index in [2.05, 4.69) is 20.6 Å². The van der Waals surface area contributed by atoms with Gasteiger partial charge < -0.3 is 25.0 Å². The molecule has 1 aromatic rings. The van der Waals surface area contributed by atoms with E-state index in [1.165, 1.54) is 18.1 Å². The first-order valence-electron chi connectivity index (χ1n) is 10.7. The molecular formula is C20H27F2N5O4. The number of hydrogen-bond donors (Lipinski definition) is 2. The van der Waals surface area contributed by atoms with Gasteiger partial charge in [-0.1, -0.05) is 19.3 Å². The standard InChI is InChI=1S/C20H27F2N5O4/c1-23-17(28)14(7-12-3-2-4-12)25-19(29)31-15-8-24-16(27-10-20(21,22)11-27)18(26-15)30-9-13-5-6-13/h8,12-14H,2-7,9-11H2,1H3,(H,23,28)(H,25,29). The summed E-state index contributed by atoms with van der Waals surface area (Å²) in [6.07, 6.45) is 6.19. The van der Waals surface area contributed by atoms with Crippen molar-refractivity contribution >= 4 is 17.8 Å². The SMILES string of the molecule is CNC(=O)C(CC1CCC1)NC(=O)Oc1cnc(N2CC(F)(F)C2)c(OCC2CC2)n1. The van der Waals surface area contributed by atoms with Crippen LogP contribution in [0.3, 0.4) is 0 Å². The fourth-order valence-corrected chi connectivity index (χ4v) is 3.59. The van der Waals surface area contributed by atoms with Gasteiger partial charge in [-0.05, 0) is 31.1 Å². The number of nitrogens with one attached hydrogen (secondary N) is 2. The van der Waals surface area contributed by atoms with E-state index >= 15 is 0 Å². The second-order valence-electron chi connectivity index (χ2n) is 8.54. The van der Waals surface area contributed by atoms with Gasteiger partial charge >= 0.3 is 6.09 Å². The third-order valence-corrected chi connectivity index (χ3v) is 5.84. The largest absolute Gasteiger partial charge is 0.475 e. The normalized spacial score (nSPS) is 20.8. The number of amides is 2. The Bertz CT molecular complexity index is 824. The minimum Gasteiger partial charge on any atom is -0.475 e. The predicted octanol–water partition coefficient (Wildman–Crippen LogP) is 2.11. The van der Waals surface area contributed by atoms with Crippen molar-refractivity contribution in [1.29, 1.82) is 0 Å². The molecule has 31 heavy (non-hydrogen) atoms. The van der Waals surface area contributed by atoms with Crippen molar-refractivity contribution in [1.82, 2.24) is 20.6 Å². The molecule has 2 heterocycles. The van der Waals surface area contributed by atoms with E-state index in [1.807, 2.05) is 0 Å². The van der Waals surface area contributed by atoms with E-state index < -0.39 is 31.1 Å². The number of alkyl halides is 2. The summed E-state index contributed by atoms with van der Waals surface area (Å²) in [5.41, 5.74) is 0. The molecule has 2 amide bonds. The van der Waals surface area contributed by atoms with Crippen LogP contribution in [0.5, 0.6) is 11.8 Å². The van der Waals surface area contributed by atoms with Crippen molar-refractivity contribution < 1.29 is 27.8 Å². The zero-order chi connectivity index (χ0) is 22.0. The van der Waals surface area contributed by atoms with E-state index in [0.29, 0.717) is 24.9 Å². The van der Waals surface area contributed by atoms with Gasteiger partial charge in [0.1, 0.15) is 6.04 Å². The van der Waals surface area contributed by atoms with E-state index in [1.54, 1.807) is 0 Å². The number of likely N-dealkylation sites (N-methyl/N-ethyl adjacent to an activating group) is 1. The van der Waals surface area contributed by atoms with Gasteiger partial charge in [0.05, 0.1) is 25.9 Å². The molecule has 0 aromatic carbocycles. The Balaban J connectivity index is 1.40. The molecular weight excluding hydrogens is 412 g/mol. The number of nitrogens with zero attached hydrogens (tertiary/aromatic N) is 3. The van der Waals surface area contributed by atoms with Crippen LogP contribution in [0.25, 0.3) is 0 Å². The Morgan fingerprint density at radius 2 is 2.00 bits per heavy atom. The molecule has 11 heteroatoms. The Kier molecular flexibility index (Phi) is 6.10. The zero-order valence-corrected chi connectivity index (χ0v) is 17.4. The van der Waals surface area contributed by atoms with Crippen LogP contribution >= 0.6 is 0 Å². The lowest BCUT2D eigenvalue weighted by Crippen LogP contribution is -2.56. The van der Waals surface area contributed by atoms with Crippen LogP contribution in [0.15, 0.2) is 6.20 Å². The maximum Gasteiger partial charge on any atom is 0.414 e. The number of ether oxygens (including phenoxy) is 2. The highest BCUT2D eigenvalue weighted by Gasteiger charge is 2.46. The minimum atomic E-state index is -2.76. The molecule has 3 fully saturated rings. The molecule has 0 spiro atoms. The molecule has 170 valence electrons. The Morgan fingerprint density at radius 1 is 1.26 bits per heavy atom. The van der Waals surface area contributed by atoms with Gasteiger partial charge in [0.2, 0.25) is 11.8 Å². The summed E-state index contributed by atoms with van der Waals surface area (Å²) in [6, 6.07) is -0.705. The third kappa shape index (κ3) is 5.50. The molecule has 1 atom stereocenters. The van der Waals surface area contributed by atoms with Crippen molar-refractivity contribution in [2.75, 3.05) is 31.6 Å². The first-order chi connectivity index (χ1) is 14.8. The maximum absolute atomic E-state index is 13.3. The molecule has 2 aliphatic carbocycles. The number of halogens is 2. The van der Waals surface area contributed by atoms with Gasteiger partial charge in [0.15, 0.2) is 5.82 Å². The van der Waals surface area contributed by atoms with Crippen molar-refractivity contribution in [2.45, 2.75) is 50.5 Å². The predicted molar refractivity (Wildman–Crippen MR) is 106 cm³/mol. The molecule has 9 nitrogen and oxygen atoms in total. The fraction of sp³-hybridized carbons (Fsp3) is 0.700.